The molecule has 120 valence electrons. The molecule has 0 aliphatic heterocycles. The van der Waals surface area contributed by atoms with Crippen molar-refractivity contribution < 1.29 is 0 Å². The molecule has 1 saturated carbocycles. The summed E-state index contributed by atoms with van der Waals surface area (Å²) in [6.07, 6.45) is 6.90. The van der Waals surface area contributed by atoms with Crippen molar-refractivity contribution in [2.24, 2.45) is 11.8 Å². The van der Waals surface area contributed by atoms with Crippen LogP contribution in [0.1, 0.15) is 51.6 Å². The van der Waals surface area contributed by atoms with Gasteiger partial charge in [0.2, 0.25) is 0 Å². The largest absolute Gasteiger partial charge is 0.314 e. The number of aromatic nitrogens is 1. The maximum Gasteiger partial charge on any atom is 0.0795 e. The van der Waals surface area contributed by atoms with Gasteiger partial charge in [-0.25, -0.2) is 4.98 Å². The molecule has 1 aliphatic carbocycles. The first-order chi connectivity index (χ1) is 10.2. The van der Waals surface area contributed by atoms with E-state index in [-0.39, 0.29) is 0 Å². The molecule has 1 aromatic heterocycles. The molecule has 0 amide bonds. The van der Waals surface area contributed by atoms with Crippen LogP contribution in [-0.4, -0.2) is 36.1 Å². The summed E-state index contributed by atoms with van der Waals surface area (Å²) >= 11 is 1.69. The smallest absolute Gasteiger partial charge is 0.0795 e. The normalized spacial score (nSPS) is 26.4. The second-order valence-corrected chi connectivity index (χ2v) is 7.29. The standard InChI is InChI=1S/C17H31N3S/c1-4-6-14-7-8-17(18-5-2)15(9-14)10-20(3)11-16-12-21-13-19-16/h12-15,17-18H,4-11H2,1-3H3. The van der Waals surface area contributed by atoms with E-state index < -0.39 is 0 Å². The molecule has 2 rings (SSSR count). The lowest BCUT2D eigenvalue weighted by Gasteiger charge is -2.38. The quantitative estimate of drug-likeness (QED) is 0.792. The monoisotopic (exact) mass is 309 g/mol. The highest BCUT2D eigenvalue weighted by atomic mass is 32.1. The van der Waals surface area contributed by atoms with Crippen molar-refractivity contribution in [3.05, 3.63) is 16.6 Å². The van der Waals surface area contributed by atoms with Crippen molar-refractivity contribution in [1.82, 2.24) is 15.2 Å². The molecular weight excluding hydrogens is 278 g/mol. The SMILES string of the molecule is CCCC1CCC(NCC)C(CN(C)Cc2cscn2)C1. The van der Waals surface area contributed by atoms with E-state index >= 15 is 0 Å². The highest BCUT2D eigenvalue weighted by molar-refractivity contribution is 7.07. The van der Waals surface area contributed by atoms with Crippen LogP contribution in [0.3, 0.4) is 0 Å². The van der Waals surface area contributed by atoms with Crippen molar-refractivity contribution in [3.8, 4) is 0 Å². The molecule has 1 N–H and O–H groups in total. The van der Waals surface area contributed by atoms with E-state index in [4.69, 9.17) is 0 Å². The molecule has 1 aliphatic rings. The van der Waals surface area contributed by atoms with Gasteiger partial charge in [0.15, 0.2) is 0 Å². The molecule has 3 unspecified atom stereocenters. The van der Waals surface area contributed by atoms with Gasteiger partial charge in [-0.1, -0.05) is 26.7 Å². The number of rotatable bonds is 8. The first-order valence-electron chi connectivity index (χ1n) is 8.51. The molecule has 3 atom stereocenters. The topological polar surface area (TPSA) is 28.2 Å². The van der Waals surface area contributed by atoms with Gasteiger partial charge < -0.3 is 10.2 Å². The highest BCUT2D eigenvalue weighted by Gasteiger charge is 2.30. The van der Waals surface area contributed by atoms with Crippen LogP contribution in [-0.2, 0) is 6.54 Å². The Bertz CT molecular complexity index is 379. The summed E-state index contributed by atoms with van der Waals surface area (Å²) in [7, 11) is 2.24. The van der Waals surface area contributed by atoms with Crippen LogP contribution in [0.5, 0.6) is 0 Å². The lowest BCUT2D eigenvalue weighted by Crippen LogP contribution is -2.45. The van der Waals surface area contributed by atoms with Gasteiger partial charge in [0.1, 0.15) is 0 Å². The zero-order valence-corrected chi connectivity index (χ0v) is 14.7. The average molecular weight is 310 g/mol. The van der Waals surface area contributed by atoms with Gasteiger partial charge in [0, 0.05) is 24.5 Å². The van der Waals surface area contributed by atoms with Gasteiger partial charge in [-0.15, -0.1) is 11.3 Å². The fourth-order valence-corrected chi connectivity index (χ4v) is 4.37. The molecule has 0 radical (unpaired) electrons. The van der Waals surface area contributed by atoms with E-state index in [1.54, 1.807) is 11.3 Å². The Morgan fingerprint density at radius 2 is 2.24 bits per heavy atom. The molecule has 0 saturated heterocycles. The van der Waals surface area contributed by atoms with Crippen LogP contribution in [0, 0.1) is 11.8 Å². The molecule has 4 heteroatoms. The number of nitrogens with one attached hydrogen (secondary N) is 1. The Morgan fingerprint density at radius 1 is 1.38 bits per heavy atom. The van der Waals surface area contributed by atoms with Gasteiger partial charge in [-0.3, -0.25) is 0 Å². The third kappa shape index (κ3) is 5.35. The number of hydrogen-bond donors (Lipinski definition) is 1. The molecule has 0 aromatic carbocycles. The summed E-state index contributed by atoms with van der Waals surface area (Å²) in [5.74, 6) is 1.74. The minimum Gasteiger partial charge on any atom is -0.314 e. The fraction of sp³-hybridized carbons (Fsp3) is 0.824. The Hall–Kier alpha value is -0.450. The van der Waals surface area contributed by atoms with Crippen molar-refractivity contribution in [2.75, 3.05) is 20.1 Å². The molecule has 1 aromatic rings. The van der Waals surface area contributed by atoms with Crippen molar-refractivity contribution in [3.63, 3.8) is 0 Å². The summed E-state index contributed by atoms with van der Waals surface area (Å²) in [6, 6.07) is 0.709. The van der Waals surface area contributed by atoms with E-state index in [0.717, 1.165) is 24.9 Å². The van der Waals surface area contributed by atoms with Gasteiger partial charge >= 0.3 is 0 Å². The molecule has 0 spiro atoms. The third-order valence-electron chi connectivity index (χ3n) is 4.72. The van der Waals surface area contributed by atoms with E-state index in [1.807, 2.05) is 5.51 Å². The lowest BCUT2D eigenvalue weighted by atomic mass is 9.76. The fourth-order valence-electron chi connectivity index (χ4n) is 3.82. The van der Waals surface area contributed by atoms with Crippen LogP contribution in [0.15, 0.2) is 10.9 Å². The molecular formula is C17H31N3S. The zero-order chi connectivity index (χ0) is 15.1. The van der Waals surface area contributed by atoms with E-state index in [2.05, 4.69) is 41.5 Å². The Labute approximate surface area is 134 Å². The summed E-state index contributed by atoms with van der Waals surface area (Å²) in [5, 5.41) is 5.89. The van der Waals surface area contributed by atoms with Gasteiger partial charge in [0.05, 0.1) is 11.2 Å². The molecule has 0 bridgehead atoms. The first kappa shape index (κ1) is 16.9. The predicted octanol–water partition coefficient (Wildman–Crippen LogP) is 3.77. The minimum absolute atomic E-state index is 0.709. The number of thiazole rings is 1. The molecule has 21 heavy (non-hydrogen) atoms. The third-order valence-corrected chi connectivity index (χ3v) is 5.35. The van der Waals surface area contributed by atoms with Crippen molar-refractivity contribution >= 4 is 11.3 Å². The van der Waals surface area contributed by atoms with Crippen molar-refractivity contribution in [2.45, 2.75) is 58.5 Å². The van der Waals surface area contributed by atoms with Crippen LogP contribution in [0.25, 0.3) is 0 Å². The van der Waals surface area contributed by atoms with Gasteiger partial charge in [0.25, 0.3) is 0 Å². The average Bonchev–Trinajstić information content (AvgIpc) is 2.95. The maximum atomic E-state index is 4.41. The summed E-state index contributed by atoms with van der Waals surface area (Å²) in [5.41, 5.74) is 3.14. The van der Waals surface area contributed by atoms with E-state index in [0.29, 0.717) is 6.04 Å². The number of nitrogens with zero attached hydrogens (tertiary/aromatic N) is 2. The van der Waals surface area contributed by atoms with Crippen LogP contribution in [0.2, 0.25) is 0 Å². The van der Waals surface area contributed by atoms with E-state index in [9.17, 15) is 0 Å². The van der Waals surface area contributed by atoms with Crippen LogP contribution < -0.4 is 5.32 Å². The zero-order valence-electron chi connectivity index (χ0n) is 13.8. The van der Waals surface area contributed by atoms with Crippen LogP contribution in [0.4, 0.5) is 0 Å². The van der Waals surface area contributed by atoms with Gasteiger partial charge in [-0.05, 0) is 44.7 Å². The van der Waals surface area contributed by atoms with Crippen LogP contribution >= 0.6 is 11.3 Å². The maximum absolute atomic E-state index is 4.41. The molecule has 1 heterocycles. The highest BCUT2D eigenvalue weighted by Crippen LogP contribution is 2.32. The predicted molar refractivity (Wildman–Crippen MR) is 91.7 cm³/mol. The second kappa shape index (κ2) is 8.86. The summed E-state index contributed by atoms with van der Waals surface area (Å²) in [6.45, 7) is 7.82. The number of hydrogen-bond acceptors (Lipinski definition) is 4. The van der Waals surface area contributed by atoms with Gasteiger partial charge in [-0.2, -0.15) is 0 Å². The molecule has 1 fully saturated rings. The second-order valence-electron chi connectivity index (χ2n) is 6.57. The Balaban J connectivity index is 1.88. The van der Waals surface area contributed by atoms with Crippen molar-refractivity contribution in [1.29, 1.82) is 0 Å². The Morgan fingerprint density at radius 3 is 2.90 bits per heavy atom. The lowest BCUT2D eigenvalue weighted by molar-refractivity contribution is 0.147. The summed E-state index contributed by atoms with van der Waals surface area (Å²) in [4.78, 5) is 6.87. The molecule has 3 nitrogen and oxygen atoms in total. The Kier molecular flexibility index (Phi) is 7.14. The summed E-state index contributed by atoms with van der Waals surface area (Å²) < 4.78 is 0. The first-order valence-corrected chi connectivity index (χ1v) is 9.46. The van der Waals surface area contributed by atoms with E-state index in [1.165, 1.54) is 44.3 Å². The minimum atomic E-state index is 0.709.